The Balaban J connectivity index is 3.04. The van der Waals surface area contributed by atoms with Gasteiger partial charge in [-0.15, -0.1) is 0 Å². The molecule has 78 valence electrons. The first kappa shape index (κ1) is 10.7. The molecule has 2 nitrogen and oxygen atoms in total. The van der Waals surface area contributed by atoms with Crippen LogP contribution >= 0.6 is 0 Å². The summed E-state index contributed by atoms with van der Waals surface area (Å²) in [4.78, 5) is 3.17. The van der Waals surface area contributed by atoms with Gasteiger partial charge in [-0.2, -0.15) is 22.0 Å². The molecule has 14 heavy (non-hydrogen) atoms. The first-order valence-electron chi connectivity index (χ1n) is 3.37. The molecule has 1 aromatic rings. The average molecular weight is 213 g/mol. The van der Waals surface area contributed by atoms with Crippen LogP contribution < -0.4 is 4.74 Å². The summed E-state index contributed by atoms with van der Waals surface area (Å²) in [5.74, 6) is -0.928. The molecule has 7 heteroatoms. The molecule has 0 atom stereocenters. The summed E-state index contributed by atoms with van der Waals surface area (Å²) < 4.78 is 63.4. The minimum absolute atomic E-state index is 0.428. The molecule has 1 aromatic heterocycles. The molecule has 0 spiro atoms. The van der Waals surface area contributed by atoms with E-state index in [-0.39, 0.29) is 0 Å². The highest BCUT2D eigenvalue weighted by Gasteiger charge is 2.35. The predicted octanol–water partition coefficient (Wildman–Crippen LogP) is 2.70. The SMILES string of the molecule is FC(F)Oc1ccncc1C(F)(F)F. The van der Waals surface area contributed by atoms with E-state index < -0.39 is 24.1 Å². The molecule has 0 bridgehead atoms. The number of hydrogen-bond donors (Lipinski definition) is 0. The van der Waals surface area contributed by atoms with E-state index in [9.17, 15) is 22.0 Å². The van der Waals surface area contributed by atoms with Gasteiger partial charge in [-0.3, -0.25) is 4.98 Å². The standard InChI is InChI=1S/C7H4F5NO/c8-6(9)14-5-1-2-13-3-4(5)7(10,11)12/h1-3,6H. The van der Waals surface area contributed by atoms with Gasteiger partial charge >= 0.3 is 12.8 Å². The van der Waals surface area contributed by atoms with E-state index >= 15 is 0 Å². The molecule has 1 rings (SSSR count). The van der Waals surface area contributed by atoms with E-state index in [0.29, 0.717) is 6.20 Å². The Hall–Kier alpha value is -1.40. The highest BCUT2D eigenvalue weighted by atomic mass is 19.4. The summed E-state index contributed by atoms with van der Waals surface area (Å²) >= 11 is 0. The lowest BCUT2D eigenvalue weighted by Crippen LogP contribution is -2.11. The van der Waals surface area contributed by atoms with Gasteiger partial charge in [-0.25, -0.2) is 0 Å². The van der Waals surface area contributed by atoms with Crippen molar-refractivity contribution in [3.05, 3.63) is 24.0 Å². The molecular weight excluding hydrogens is 209 g/mol. The largest absolute Gasteiger partial charge is 0.434 e. The number of aromatic nitrogens is 1. The number of hydrogen-bond acceptors (Lipinski definition) is 2. The maximum Gasteiger partial charge on any atom is 0.421 e. The van der Waals surface area contributed by atoms with Gasteiger partial charge < -0.3 is 4.74 Å². The fourth-order valence-electron chi connectivity index (χ4n) is 0.793. The highest BCUT2D eigenvalue weighted by molar-refractivity contribution is 5.32. The van der Waals surface area contributed by atoms with Gasteiger partial charge in [0.25, 0.3) is 0 Å². The van der Waals surface area contributed by atoms with Crippen molar-refractivity contribution >= 4 is 0 Å². The molecule has 1 heterocycles. The lowest BCUT2D eigenvalue weighted by molar-refractivity contribution is -0.142. The lowest BCUT2D eigenvalue weighted by Gasteiger charge is -2.11. The van der Waals surface area contributed by atoms with Gasteiger partial charge in [0.1, 0.15) is 11.3 Å². The number of nitrogens with zero attached hydrogens (tertiary/aromatic N) is 1. The van der Waals surface area contributed by atoms with Gasteiger partial charge in [0.2, 0.25) is 0 Å². The topological polar surface area (TPSA) is 22.1 Å². The van der Waals surface area contributed by atoms with Crippen LogP contribution in [0.5, 0.6) is 5.75 Å². The number of pyridine rings is 1. The zero-order valence-electron chi connectivity index (χ0n) is 6.55. The maximum atomic E-state index is 12.1. The Bertz CT molecular complexity index is 311. The molecule has 0 saturated carbocycles. The smallest absolute Gasteiger partial charge is 0.421 e. The van der Waals surface area contributed by atoms with Crippen molar-refractivity contribution < 1.29 is 26.7 Å². The molecule has 0 aliphatic heterocycles. The van der Waals surface area contributed by atoms with Crippen LogP contribution in [0.4, 0.5) is 22.0 Å². The van der Waals surface area contributed by atoms with Gasteiger partial charge in [0.15, 0.2) is 0 Å². The summed E-state index contributed by atoms with van der Waals surface area (Å²) in [5, 5.41) is 0. The van der Waals surface area contributed by atoms with Crippen LogP contribution in [-0.2, 0) is 6.18 Å². The summed E-state index contributed by atoms with van der Waals surface area (Å²) in [6, 6.07) is 0.731. The van der Waals surface area contributed by atoms with Crippen LogP contribution in [0.2, 0.25) is 0 Å². The van der Waals surface area contributed by atoms with E-state index in [1.54, 1.807) is 0 Å². The molecule has 0 fully saturated rings. The fraction of sp³-hybridized carbons (Fsp3) is 0.286. The Morgan fingerprint density at radius 3 is 2.43 bits per heavy atom. The Labute approximate surface area is 75.3 Å². The predicted molar refractivity (Wildman–Crippen MR) is 35.9 cm³/mol. The van der Waals surface area contributed by atoms with Crippen molar-refractivity contribution in [3.8, 4) is 5.75 Å². The monoisotopic (exact) mass is 213 g/mol. The second kappa shape index (κ2) is 3.77. The molecule has 0 aliphatic rings. The van der Waals surface area contributed by atoms with Crippen molar-refractivity contribution in [2.75, 3.05) is 0 Å². The zero-order valence-corrected chi connectivity index (χ0v) is 6.55. The second-order valence-corrected chi connectivity index (χ2v) is 2.25. The summed E-state index contributed by atoms with van der Waals surface area (Å²) in [6.45, 7) is -3.29. The number of rotatable bonds is 2. The van der Waals surface area contributed by atoms with Crippen LogP contribution in [-0.4, -0.2) is 11.6 Å². The van der Waals surface area contributed by atoms with E-state index in [4.69, 9.17) is 0 Å². The van der Waals surface area contributed by atoms with E-state index in [2.05, 4.69) is 9.72 Å². The minimum Gasteiger partial charge on any atom is -0.434 e. The molecule has 0 aromatic carbocycles. The van der Waals surface area contributed by atoms with Crippen molar-refractivity contribution in [1.29, 1.82) is 0 Å². The van der Waals surface area contributed by atoms with Crippen LogP contribution in [0.3, 0.4) is 0 Å². The average Bonchev–Trinajstić information content (AvgIpc) is 2.01. The van der Waals surface area contributed by atoms with Gasteiger partial charge in [-0.05, 0) is 6.07 Å². The van der Waals surface area contributed by atoms with Crippen LogP contribution in [0.1, 0.15) is 5.56 Å². The third kappa shape index (κ3) is 2.54. The zero-order chi connectivity index (χ0) is 10.8. The molecule has 0 N–H and O–H groups in total. The first-order chi connectivity index (χ1) is 6.41. The third-order valence-corrected chi connectivity index (χ3v) is 1.30. The van der Waals surface area contributed by atoms with Crippen LogP contribution in [0.15, 0.2) is 18.5 Å². The molecular formula is C7H4F5NO. The normalized spacial score (nSPS) is 11.9. The molecule has 0 amide bonds. The Morgan fingerprint density at radius 2 is 1.93 bits per heavy atom. The summed E-state index contributed by atoms with van der Waals surface area (Å²) in [7, 11) is 0. The van der Waals surface area contributed by atoms with E-state index in [1.165, 1.54) is 0 Å². The minimum atomic E-state index is -4.75. The van der Waals surface area contributed by atoms with Crippen molar-refractivity contribution in [2.24, 2.45) is 0 Å². The first-order valence-corrected chi connectivity index (χ1v) is 3.37. The Kier molecular flexibility index (Phi) is 2.87. The molecule has 0 aliphatic carbocycles. The molecule has 0 saturated heterocycles. The third-order valence-electron chi connectivity index (χ3n) is 1.30. The maximum absolute atomic E-state index is 12.1. The van der Waals surface area contributed by atoms with Gasteiger partial charge in [-0.1, -0.05) is 0 Å². The summed E-state index contributed by atoms with van der Waals surface area (Å²) in [5.41, 5.74) is -1.32. The number of ether oxygens (including phenoxy) is 1. The molecule has 0 radical (unpaired) electrons. The van der Waals surface area contributed by atoms with Crippen LogP contribution in [0, 0.1) is 0 Å². The fourth-order valence-corrected chi connectivity index (χ4v) is 0.793. The van der Waals surface area contributed by atoms with E-state index in [1.807, 2.05) is 0 Å². The van der Waals surface area contributed by atoms with Gasteiger partial charge in [0.05, 0.1) is 0 Å². The number of alkyl halides is 5. The quantitative estimate of drug-likeness (QED) is 0.704. The van der Waals surface area contributed by atoms with Crippen LogP contribution in [0.25, 0.3) is 0 Å². The highest BCUT2D eigenvalue weighted by Crippen LogP contribution is 2.35. The van der Waals surface area contributed by atoms with Crippen molar-refractivity contribution in [1.82, 2.24) is 4.98 Å². The number of halogens is 5. The Morgan fingerprint density at radius 1 is 1.29 bits per heavy atom. The second-order valence-electron chi connectivity index (χ2n) is 2.25. The van der Waals surface area contributed by atoms with E-state index in [0.717, 1.165) is 12.3 Å². The lowest BCUT2D eigenvalue weighted by atomic mass is 10.2. The van der Waals surface area contributed by atoms with Crippen molar-refractivity contribution in [3.63, 3.8) is 0 Å². The summed E-state index contributed by atoms with van der Waals surface area (Å²) in [6.07, 6.45) is -3.39. The molecule has 0 unspecified atom stereocenters. The van der Waals surface area contributed by atoms with Crippen molar-refractivity contribution in [2.45, 2.75) is 12.8 Å². The van der Waals surface area contributed by atoms with Gasteiger partial charge in [0, 0.05) is 12.4 Å².